The van der Waals surface area contributed by atoms with Gasteiger partial charge in [0, 0.05) is 0 Å². The lowest BCUT2D eigenvalue weighted by Crippen LogP contribution is -1.91. The highest BCUT2D eigenvalue weighted by atomic mass is 35.5. The van der Waals surface area contributed by atoms with Gasteiger partial charge in [0.1, 0.15) is 10.9 Å². The van der Waals surface area contributed by atoms with Gasteiger partial charge in [-0.15, -0.1) is 0 Å². The molecule has 0 atom stereocenters. The number of benzene rings is 1. The number of ether oxygens (including phenoxy) is 1. The van der Waals surface area contributed by atoms with Crippen molar-refractivity contribution in [3.8, 4) is 5.75 Å². The molecule has 3 nitrogen and oxygen atoms in total. The largest absolute Gasteiger partial charge is 0.497 e. The van der Waals surface area contributed by atoms with Gasteiger partial charge in [-0.3, -0.25) is 5.43 Å². The van der Waals surface area contributed by atoms with Crippen LogP contribution >= 0.6 is 11.6 Å². The minimum absolute atomic E-state index is 0.468. The number of rotatable bonds is 3. The molecule has 0 bridgehead atoms. The molecule has 1 N–H and O–H groups in total. The van der Waals surface area contributed by atoms with Crippen LogP contribution in [0.15, 0.2) is 29.4 Å². The third-order valence-corrected chi connectivity index (χ3v) is 1.51. The van der Waals surface area contributed by atoms with Gasteiger partial charge in [-0.1, -0.05) is 11.6 Å². The van der Waals surface area contributed by atoms with Crippen molar-refractivity contribution in [3.63, 3.8) is 0 Å². The number of hydrogen-bond acceptors (Lipinski definition) is 3. The highest BCUT2D eigenvalue weighted by Crippen LogP contribution is 2.14. The van der Waals surface area contributed by atoms with E-state index in [9.17, 15) is 0 Å². The molecule has 1 aromatic rings. The van der Waals surface area contributed by atoms with Crippen LogP contribution in [0.1, 0.15) is 6.92 Å². The molecule has 0 saturated heterocycles. The lowest BCUT2D eigenvalue weighted by Gasteiger charge is -2.02. The molecule has 1 rings (SSSR count). The molecule has 0 unspecified atom stereocenters. The number of anilines is 1. The Balaban J connectivity index is 2.64. The molecule has 0 spiro atoms. The van der Waals surface area contributed by atoms with Crippen LogP contribution in [0.25, 0.3) is 0 Å². The van der Waals surface area contributed by atoms with Crippen molar-refractivity contribution in [1.82, 2.24) is 0 Å². The average molecular weight is 199 g/mol. The van der Waals surface area contributed by atoms with E-state index in [1.165, 1.54) is 0 Å². The lowest BCUT2D eigenvalue weighted by atomic mass is 10.3. The number of nitrogens with one attached hydrogen (secondary N) is 1. The average Bonchev–Trinajstić information content (AvgIpc) is 2.15. The Morgan fingerprint density at radius 2 is 2.00 bits per heavy atom. The molecule has 0 fully saturated rings. The molecular formula is C9H11ClN2O. The molecular weight excluding hydrogens is 188 g/mol. The van der Waals surface area contributed by atoms with E-state index < -0.39 is 0 Å². The van der Waals surface area contributed by atoms with Crippen molar-refractivity contribution in [2.75, 3.05) is 12.5 Å². The lowest BCUT2D eigenvalue weighted by molar-refractivity contribution is 0.415. The number of hydrazone groups is 1. The zero-order valence-electron chi connectivity index (χ0n) is 7.54. The minimum Gasteiger partial charge on any atom is -0.497 e. The van der Waals surface area contributed by atoms with Crippen molar-refractivity contribution in [2.24, 2.45) is 5.10 Å². The fourth-order valence-electron chi connectivity index (χ4n) is 0.807. The Labute approximate surface area is 82.4 Å². The van der Waals surface area contributed by atoms with Crippen molar-refractivity contribution in [2.45, 2.75) is 6.92 Å². The van der Waals surface area contributed by atoms with Crippen LogP contribution in [0.3, 0.4) is 0 Å². The highest BCUT2D eigenvalue weighted by molar-refractivity contribution is 6.64. The van der Waals surface area contributed by atoms with E-state index in [1.807, 2.05) is 24.3 Å². The number of halogens is 1. The third-order valence-electron chi connectivity index (χ3n) is 1.43. The highest BCUT2D eigenvalue weighted by Gasteiger charge is 1.91. The topological polar surface area (TPSA) is 33.6 Å². The van der Waals surface area contributed by atoms with Gasteiger partial charge in [-0.05, 0) is 31.2 Å². The van der Waals surface area contributed by atoms with Gasteiger partial charge in [0.25, 0.3) is 0 Å². The molecule has 4 heteroatoms. The van der Waals surface area contributed by atoms with Crippen molar-refractivity contribution in [1.29, 1.82) is 0 Å². The standard InChI is InChI=1S/C9H11ClN2O/c1-7(10)11-12-8-3-5-9(13-2)6-4-8/h3-6,12H,1-2H3/b11-7+. The summed E-state index contributed by atoms with van der Waals surface area (Å²) < 4.78 is 5.01. The number of methoxy groups -OCH3 is 1. The molecule has 0 radical (unpaired) electrons. The molecule has 1 aromatic carbocycles. The first-order chi connectivity index (χ1) is 6.22. The van der Waals surface area contributed by atoms with Crippen LogP contribution in [0.5, 0.6) is 5.75 Å². The van der Waals surface area contributed by atoms with Gasteiger partial charge in [0.2, 0.25) is 0 Å². The Bertz CT molecular complexity index is 291. The van der Waals surface area contributed by atoms with E-state index in [0.29, 0.717) is 5.17 Å². The van der Waals surface area contributed by atoms with E-state index in [4.69, 9.17) is 16.3 Å². The molecule has 0 saturated carbocycles. The minimum atomic E-state index is 0.468. The summed E-state index contributed by atoms with van der Waals surface area (Å²) >= 11 is 5.55. The summed E-state index contributed by atoms with van der Waals surface area (Å²) in [5.41, 5.74) is 3.67. The molecule has 0 aliphatic heterocycles. The maximum absolute atomic E-state index is 5.55. The van der Waals surface area contributed by atoms with E-state index in [-0.39, 0.29) is 0 Å². The van der Waals surface area contributed by atoms with Crippen LogP contribution in [-0.4, -0.2) is 12.3 Å². The normalized spacial score (nSPS) is 11.2. The summed E-state index contributed by atoms with van der Waals surface area (Å²) in [7, 11) is 1.63. The number of nitrogens with zero attached hydrogens (tertiary/aromatic N) is 1. The van der Waals surface area contributed by atoms with Crippen LogP contribution in [0, 0.1) is 0 Å². The fourth-order valence-corrected chi connectivity index (χ4v) is 0.849. The second kappa shape index (κ2) is 4.72. The van der Waals surface area contributed by atoms with Gasteiger partial charge < -0.3 is 4.74 Å². The van der Waals surface area contributed by atoms with Crippen LogP contribution in [0.2, 0.25) is 0 Å². The zero-order valence-corrected chi connectivity index (χ0v) is 8.30. The summed E-state index contributed by atoms with van der Waals surface area (Å²) in [5.74, 6) is 0.817. The Morgan fingerprint density at radius 1 is 1.38 bits per heavy atom. The van der Waals surface area contributed by atoms with Crippen LogP contribution < -0.4 is 10.2 Å². The predicted octanol–water partition coefficient (Wildman–Crippen LogP) is 2.68. The van der Waals surface area contributed by atoms with E-state index >= 15 is 0 Å². The first kappa shape index (κ1) is 9.86. The Morgan fingerprint density at radius 3 is 2.46 bits per heavy atom. The van der Waals surface area contributed by atoms with Gasteiger partial charge >= 0.3 is 0 Å². The second-order valence-corrected chi connectivity index (χ2v) is 3.00. The van der Waals surface area contributed by atoms with Gasteiger partial charge in [-0.25, -0.2) is 0 Å². The first-order valence-corrected chi connectivity index (χ1v) is 4.20. The zero-order chi connectivity index (χ0) is 9.68. The summed E-state index contributed by atoms with van der Waals surface area (Å²) in [6.45, 7) is 1.71. The molecule has 0 aromatic heterocycles. The summed E-state index contributed by atoms with van der Waals surface area (Å²) in [4.78, 5) is 0. The van der Waals surface area contributed by atoms with Crippen LogP contribution in [0.4, 0.5) is 5.69 Å². The van der Waals surface area contributed by atoms with Gasteiger partial charge in [0.05, 0.1) is 12.8 Å². The van der Waals surface area contributed by atoms with Gasteiger partial charge in [0.15, 0.2) is 0 Å². The molecule has 70 valence electrons. The maximum atomic E-state index is 5.55. The van der Waals surface area contributed by atoms with E-state index in [2.05, 4.69) is 10.5 Å². The van der Waals surface area contributed by atoms with Gasteiger partial charge in [-0.2, -0.15) is 5.10 Å². The molecule has 0 aliphatic carbocycles. The van der Waals surface area contributed by atoms with Crippen LogP contribution in [-0.2, 0) is 0 Å². The van der Waals surface area contributed by atoms with E-state index in [0.717, 1.165) is 11.4 Å². The molecule has 13 heavy (non-hydrogen) atoms. The third kappa shape index (κ3) is 3.34. The SMILES string of the molecule is COc1ccc(N/N=C(\C)Cl)cc1. The molecule has 0 heterocycles. The molecule has 0 aliphatic rings. The second-order valence-electron chi connectivity index (χ2n) is 2.45. The summed E-state index contributed by atoms with van der Waals surface area (Å²) in [5, 5.41) is 4.31. The van der Waals surface area contributed by atoms with Crippen molar-refractivity contribution in [3.05, 3.63) is 24.3 Å². The predicted molar refractivity (Wildman–Crippen MR) is 55.6 cm³/mol. The fraction of sp³-hybridized carbons (Fsp3) is 0.222. The monoisotopic (exact) mass is 198 g/mol. The maximum Gasteiger partial charge on any atom is 0.123 e. The smallest absolute Gasteiger partial charge is 0.123 e. The Kier molecular flexibility index (Phi) is 3.58. The van der Waals surface area contributed by atoms with E-state index in [1.54, 1.807) is 14.0 Å². The summed E-state index contributed by atoms with van der Waals surface area (Å²) in [6.07, 6.45) is 0. The Hall–Kier alpha value is -1.22. The van der Waals surface area contributed by atoms with Crippen molar-refractivity contribution < 1.29 is 4.74 Å². The summed E-state index contributed by atoms with van der Waals surface area (Å²) in [6, 6.07) is 7.42. The van der Waals surface area contributed by atoms with Crippen molar-refractivity contribution >= 4 is 22.5 Å². The molecule has 0 amide bonds. The first-order valence-electron chi connectivity index (χ1n) is 3.82. The quantitative estimate of drug-likeness (QED) is 0.599. The number of hydrogen-bond donors (Lipinski definition) is 1.